The first kappa shape index (κ1) is 20.5. The summed E-state index contributed by atoms with van der Waals surface area (Å²) in [7, 11) is 0. The number of hydrogen-bond donors (Lipinski definition) is 3. The Morgan fingerprint density at radius 1 is 1.21 bits per heavy atom. The first-order valence-corrected chi connectivity index (χ1v) is 9.94. The van der Waals surface area contributed by atoms with Gasteiger partial charge in [-0.15, -0.1) is 0 Å². The number of hydrogen-bond acceptors (Lipinski definition) is 4. The summed E-state index contributed by atoms with van der Waals surface area (Å²) in [5, 5.41) is 8.55. The number of carbonyl (C=O) groups excluding carboxylic acids is 2. The number of piperazine rings is 1. The minimum absolute atomic E-state index is 0.0389. The second-order valence-electron chi connectivity index (χ2n) is 7.09. The number of benzene rings is 2. The number of carbonyl (C=O) groups is 2. The molecule has 1 aliphatic heterocycles. The molecule has 1 heterocycles. The quantitative estimate of drug-likeness (QED) is 0.672. The lowest BCUT2D eigenvalue weighted by Gasteiger charge is -2.28. The Bertz CT molecular complexity index is 852. The summed E-state index contributed by atoms with van der Waals surface area (Å²) in [5.74, 6) is 0.717. The zero-order valence-electron chi connectivity index (χ0n) is 17.0. The fraction of sp³-hybridized carbons (Fsp3) is 0.364. The molecule has 2 aromatic carbocycles. The fourth-order valence-electron chi connectivity index (χ4n) is 3.10. The molecule has 0 spiro atoms. The Balaban J connectivity index is 1.54. The van der Waals surface area contributed by atoms with E-state index in [1.807, 2.05) is 61.2 Å². The number of nitrogens with one attached hydrogen (secondary N) is 3. The molecule has 3 rings (SSSR count). The highest BCUT2D eigenvalue weighted by Crippen LogP contribution is 2.26. The molecule has 0 saturated carbocycles. The highest BCUT2D eigenvalue weighted by Gasteiger charge is 2.16. The number of rotatable bonds is 7. The van der Waals surface area contributed by atoms with Gasteiger partial charge in [-0.1, -0.05) is 25.1 Å². The minimum Gasteiger partial charge on any atom is -0.491 e. The van der Waals surface area contributed by atoms with Crippen molar-refractivity contribution in [3.05, 3.63) is 53.6 Å². The van der Waals surface area contributed by atoms with Gasteiger partial charge < -0.3 is 25.6 Å². The molecule has 7 heteroatoms. The second-order valence-corrected chi connectivity index (χ2v) is 7.09. The summed E-state index contributed by atoms with van der Waals surface area (Å²) < 4.78 is 5.73. The molecule has 0 atom stereocenters. The van der Waals surface area contributed by atoms with Crippen LogP contribution in [0.2, 0.25) is 0 Å². The first-order valence-electron chi connectivity index (χ1n) is 9.94. The standard InChI is InChI=1S/C22H28N4O3/c1-3-12-29-20-13-16(2)4-9-19(20)25-22(28)24-14-17-5-7-18(8-6-17)26-11-10-23-21(27)15-26/h4-9,13H,3,10-12,14-15H2,1-2H3,(H,23,27)(H2,24,25,28). The molecule has 0 radical (unpaired) electrons. The molecule has 3 N–H and O–H groups in total. The van der Waals surface area contributed by atoms with Crippen molar-refractivity contribution in [2.45, 2.75) is 26.8 Å². The molecule has 1 fully saturated rings. The van der Waals surface area contributed by atoms with E-state index in [9.17, 15) is 9.59 Å². The normalized spacial score (nSPS) is 13.6. The van der Waals surface area contributed by atoms with Crippen molar-refractivity contribution in [3.63, 3.8) is 0 Å². The van der Waals surface area contributed by atoms with Gasteiger partial charge in [-0.05, 0) is 48.7 Å². The highest BCUT2D eigenvalue weighted by molar-refractivity contribution is 5.91. The number of nitrogens with zero attached hydrogens (tertiary/aromatic N) is 1. The van der Waals surface area contributed by atoms with Gasteiger partial charge in [0.05, 0.1) is 18.8 Å². The van der Waals surface area contributed by atoms with Gasteiger partial charge in [-0.25, -0.2) is 4.79 Å². The number of anilines is 2. The number of urea groups is 1. The first-order chi connectivity index (χ1) is 14.0. The molecule has 0 aliphatic carbocycles. The molecule has 154 valence electrons. The van der Waals surface area contributed by atoms with Gasteiger partial charge in [0.15, 0.2) is 0 Å². The van der Waals surface area contributed by atoms with E-state index < -0.39 is 0 Å². The summed E-state index contributed by atoms with van der Waals surface area (Å²) in [6, 6.07) is 13.3. The van der Waals surface area contributed by atoms with E-state index in [1.54, 1.807) is 0 Å². The Labute approximate surface area is 171 Å². The summed E-state index contributed by atoms with van der Waals surface area (Å²) in [6.07, 6.45) is 0.900. The maximum Gasteiger partial charge on any atom is 0.319 e. The van der Waals surface area contributed by atoms with E-state index in [4.69, 9.17) is 4.74 Å². The van der Waals surface area contributed by atoms with Crippen molar-refractivity contribution in [2.75, 3.05) is 36.5 Å². The Morgan fingerprint density at radius 3 is 2.72 bits per heavy atom. The Morgan fingerprint density at radius 2 is 2.00 bits per heavy atom. The van der Waals surface area contributed by atoms with Crippen molar-refractivity contribution >= 4 is 23.3 Å². The van der Waals surface area contributed by atoms with E-state index in [2.05, 4.69) is 16.0 Å². The lowest BCUT2D eigenvalue weighted by molar-refractivity contribution is -0.120. The lowest BCUT2D eigenvalue weighted by Crippen LogP contribution is -2.47. The molecule has 7 nitrogen and oxygen atoms in total. The maximum atomic E-state index is 12.3. The van der Waals surface area contributed by atoms with Gasteiger partial charge in [0, 0.05) is 25.3 Å². The third-order valence-corrected chi connectivity index (χ3v) is 4.64. The van der Waals surface area contributed by atoms with Crippen LogP contribution >= 0.6 is 0 Å². The van der Waals surface area contributed by atoms with Crippen LogP contribution in [-0.4, -0.2) is 38.2 Å². The summed E-state index contributed by atoms with van der Waals surface area (Å²) in [4.78, 5) is 25.9. The van der Waals surface area contributed by atoms with Crippen LogP contribution in [0.1, 0.15) is 24.5 Å². The van der Waals surface area contributed by atoms with Crippen molar-refractivity contribution in [2.24, 2.45) is 0 Å². The van der Waals surface area contributed by atoms with Crippen molar-refractivity contribution in [1.82, 2.24) is 10.6 Å². The lowest BCUT2D eigenvalue weighted by atomic mass is 10.2. The minimum atomic E-state index is -0.285. The molecule has 0 aromatic heterocycles. The average Bonchev–Trinajstić information content (AvgIpc) is 2.73. The van der Waals surface area contributed by atoms with Crippen molar-refractivity contribution in [1.29, 1.82) is 0 Å². The smallest absolute Gasteiger partial charge is 0.319 e. The Hall–Kier alpha value is -3.22. The summed E-state index contributed by atoms with van der Waals surface area (Å²) >= 11 is 0. The van der Waals surface area contributed by atoms with Crippen LogP contribution in [0.25, 0.3) is 0 Å². The third kappa shape index (κ3) is 5.88. The zero-order chi connectivity index (χ0) is 20.6. The molecule has 3 amide bonds. The second kappa shape index (κ2) is 9.82. The van der Waals surface area contributed by atoms with Gasteiger partial charge in [0.1, 0.15) is 5.75 Å². The Kier molecular flexibility index (Phi) is 6.94. The van der Waals surface area contributed by atoms with Gasteiger partial charge in [-0.2, -0.15) is 0 Å². The monoisotopic (exact) mass is 396 g/mol. The van der Waals surface area contributed by atoms with Crippen molar-refractivity contribution < 1.29 is 14.3 Å². The molecule has 29 heavy (non-hydrogen) atoms. The van der Waals surface area contributed by atoms with Gasteiger partial charge in [-0.3, -0.25) is 4.79 Å². The van der Waals surface area contributed by atoms with Crippen molar-refractivity contribution in [3.8, 4) is 5.75 Å². The number of amides is 3. The molecular weight excluding hydrogens is 368 g/mol. The zero-order valence-corrected chi connectivity index (χ0v) is 17.0. The molecule has 2 aromatic rings. The van der Waals surface area contributed by atoms with Crippen LogP contribution in [-0.2, 0) is 11.3 Å². The average molecular weight is 396 g/mol. The van der Waals surface area contributed by atoms with Crippen LogP contribution in [0, 0.1) is 6.92 Å². The predicted octanol–water partition coefficient (Wildman–Crippen LogP) is 3.04. The van der Waals surface area contributed by atoms with Gasteiger partial charge in [0.25, 0.3) is 0 Å². The fourth-order valence-corrected chi connectivity index (χ4v) is 3.10. The SMILES string of the molecule is CCCOc1cc(C)ccc1NC(=O)NCc1ccc(N2CCNC(=O)C2)cc1. The van der Waals surface area contributed by atoms with E-state index in [0.717, 1.165) is 29.8 Å². The summed E-state index contributed by atoms with van der Waals surface area (Å²) in [6.45, 7) is 6.87. The van der Waals surface area contributed by atoms with Gasteiger partial charge >= 0.3 is 6.03 Å². The van der Waals surface area contributed by atoms with Gasteiger partial charge in [0.2, 0.25) is 5.91 Å². The predicted molar refractivity (Wildman–Crippen MR) is 114 cm³/mol. The molecule has 0 bridgehead atoms. The number of aryl methyl sites for hydroxylation is 1. The molecule has 1 aliphatic rings. The highest BCUT2D eigenvalue weighted by atomic mass is 16.5. The van der Waals surface area contributed by atoms with Crippen LogP contribution in [0.5, 0.6) is 5.75 Å². The number of ether oxygens (including phenoxy) is 1. The maximum absolute atomic E-state index is 12.3. The van der Waals surface area contributed by atoms with Crippen LogP contribution in [0.4, 0.5) is 16.2 Å². The summed E-state index contributed by atoms with van der Waals surface area (Å²) in [5.41, 5.74) is 3.72. The topological polar surface area (TPSA) is 82.7 Å². The van der Waals surface area contributed by atoms with E-state index >= 15 is 0 Å². The third-order valence-electron chi connectivity index (χ3n) is 4.64. The van der Waals surface area contributed by atoms with Crippen LogP contribution in [0.3, 0.4) is 0 Å². The van der Waals surface area contributed by atoms with E-state index in [1.165, 1.54) is 0 Å². The largest absolute Gasteiger partial charge is 0.491 e. The van der Waals surface area contributed by atoms with E-state index in [-0.39, 0.29) is 11.9 Å². The van der Waals surface area contributed by atoms with Crippen LogP contribution < -0.4 is 25.6 Å². The molecular formula is C22H28N4O3. The molecule has 1 saturated heterocycles. The van der Waals surface area contributed by atoms with E-state index in [0.29, 0.717) is 37.7 Å². The van der Waals surface area contributed by atoms with Crippen LogP contribution in [0.15, 0.2) is 42.5 Å². The molecule has 0 unspecified atom stereocenters.